The van der Waals surface area contributed by atoms with Gasteiger partial charge in [0.05, 0.1) is 5.92 Å². The van der Waals surface area contributed by atoms with Gasteiger partial charge in [-0.1, -0.05) is 0 Å². The number of carbonyl (C=O) groups is 2. The van der Waals surface area contributed by atoms with Gasteiger partial charge in [-0.2, -0.15) is 0 Å². The molecule has 1 heterocycles. The summed E-state index contributed by atoms with van der Waals surface area (Å²) < 4.78 is 32.1. The molecule has 2 fully saturated rings. The van der Waals surface area contributed by atoms with Crippen molar-refractivity contribution in [3.63, 3.8) is 0 Å². The second kappa shape index (κ2) is 4.05. The van der Waals surface area contributed by atoms with E-state index in [4.69, 9.17) is 9.84 Å². The van der Waals surface area contributed by atoms with Crippen LogP contribution >= 0.6 is 0 Å². The number of hydrogen-bond acceptors (Lipinski definition) is 3. The number of carbonyl (C=O) groups excluding carboxylic acids is 1. The Morgan fingerprint density at radius 1 is 1.32 bits per heavy atom. The first kappa shape index (κ1) is 14.0. The Morgan fingerprint density at radius 2 is 1.89 bits per heavy atom. The number of nitrogens with zero attached hydrogens (tertiary/aromatic N) is 1. The molecule has 3 atom stereocenters. The Balaban J connectivity index is 2.22. The van der Waals surface area contributed by atoms with Gasteiger partial charge in [-0.25, -0.2) is 18.4 Å². The van der Waals surface area contributed by atoms with Gasteiger partial charge < -0.3 is 9.84 Å². The summed E-state index contributed by atoms with van der Waals surface area (Å²) in [4.78, 5) is 23.8. The molecule has 19 heavy (non-hydrogen) atoms. The number of carboxylic acid groups (broad SMARTS) is 1. The van der Waals surface area contributed by atoms with E-state index in [-0.39, 0.29) is 12.8 Å². The van der Waals surface area contributed by atoms with Crippen LogP contribution < -0.4 is 0 Å². The zero-order valence-electron chi connectivity index (χ0n) is 11.0. The monoisotopic (exact) mass is 277 g/mol. The van der Waals surface area contributed by atoms with E-state index in [0.717, 1.165) is 0 Å². The molecule has 0 radical (unpaired) electrons. The maximum absolute atomic E-state index is 13.5. The average Bonchev–Trinajstić information content (AvgIpc) is 2.78. The van der Waals surface area contributed by atoms with Crippen LogP contribution in [0, 0.1) is 5.92 Å². The van der Waals surface area contributed by atoms with E-state index in [1.54, 1.807) is 20.8 Å². The van der Waals surface area contributed by atoms with Crippen molar-refractivity contribution in [2.75, 3.05) is 0 Å². The molecule has 0 aromatic heterocycles. The van der Waals surface area contributed by atoms with E-state index < -0.39 is 41.6 Å². The number of alkyl halides is 2. The van der Waals surface area contributed by atoms with E-state index in [2.05, 4.69) is 0 Å². The molecule has 2 unspecified atom stereocenters. The molecule has 0 aromatic rings. The Labute approximate surface area is 109 Å². The third-order valence-electron chi connectivity index (χ3n) is 3.44. The summed E-state index contributed by atoms with van der Waals surface area (Å²) in [5, 5.41) is 9.07. The minimum atomic E-state index is -3.00. The number of piperidine rings is 1. The van der Waals surface area contributed by atoms with Crippen LogP contribution in [0.5, 0.6) is 0 Å². The van der Waals surface area contributed by atoms with Crippen molar-refractivity contribution in [2.24, 2.45) is 5.92 Å². The predicted octanol–water partition coefficient (Wildman–Crippen LogP) is 2.10. The number of carboxylic acids is 1. The quantitative estimate of drug-likeness (QED) is 0.797. The summed E-state index contributed by atoms with van der Waals surface area (Å²) in [6.45, 7) is 4.81. The van der Waals surface area contributed by atoms with Crippen LogP contribution in [0.15, 0.2) is 0 Å². The summed E-state index contributed by atoms with van der Waals surface area (Å²) in [5.74, 6) is -5.20. The molecule has 1 amide bonds. The van der Waals surface area contributed by atoms with Gasteiger partial charge >= 0.3 is 12.1 Å². The number of aliphatic carboxylic acids is 1. The second-order valence-corrected chi connectivity index (χ2v) is 6.04. The molecule has 0 bridgehead atoms. The number of halogens is 2. The summed E-state index contributed by atoms with van der Waals surface area (Å²) in [5.41, 5.74) is -0.850. The zero-order valence-corrected chi connectivity index (χ0v) is 11.0. The highest BCUT2D eigenvalue weighted by Gasteiger charge is 2.74. The molecule has 1 aliphatic heterocycles. The summed E-state index contributed by atoms with van der Waals surface area (Å²) in [6, 6.07) is -2.57. The molecule has 1 saturated carbocycles. The fraction of sp³-hybridized carbons (Fsp3) is 0.833. The highest BCUT2D eigenvalue weighted by Crippen LogP contribution is 2.58. The van der Waals surface area contributed by atoms with Crippen LogP contribution in [-0.4, -0.2) is 45.7 Å². The van der Waals surface area contributed by atoms with Crippen molar-refractivity contribution in [2.45, 2.75) is 57.2 Å². The number of amides is 1. The largest absolute Gasteiger partial charge is 0.480 e. The SMILES string of the molecule is CC(C)(C)OC(=O)N1C2C(CC[C@@H]1C(=O)O)C2(F)F. The maximum atomic E-state index is 13.5. The van der Waals surface area contributed by atoms with Gasteiger partial charge in [-0.05, 0) is 33.6 Å². The topological polar surface area (TPSA) is 66.8 Å². The highest BCUT2D eigenvalue weighted by molar-refractivity contribution is 5.81. The lowest BCUT2D eigenvalue weighted by atomic mass is 10.0. The minimum Gasteiger partial charge on any atom is -0.480 e. The fourth-order valence-electron chi connectivity index (χ4n) is 2.57. The Hall–Kier alpha value is -1.40. The van der Waals surface area contributed by atoms with Gasteiger partial charge in [0.25, 0.3) is 5.92 Å². The van der Waals surface area contributed by atoms with Crippen molar-refractivity contribution in [1.29, 1.82) is 0 Å². The molecule has 7 heteroatoms. The lowest BCUT2D eigenvalue weighted by molar-refractivity contribution is -0.144. The first-order valence-electron chi connectivity index (χ1n) is 6.17. The standard InChI is InChI=1S/C12H17F2NO4/c1-11(2,3)19-10(18)15-7(9(16)17)5-4-6-8(15)12(6,13)14/h6-8H,4-5H2,1-3H3,(H,16,17)/t6?,7-,8?/m1/s1. The number of rotatable bonds is 1. The molecule has 1 aliphatic carbocycles. The first-order valence-corrected chi connectivity index (χ1v) is 6.17. The molecular weight excluding hydrogens is 260 g/mol. The van der Waals surface area contributed by atoms with Crippen LogP contribution in [0.25, 0.3) is 0 Å². The number of likely N-dealkylation sites (tertiary alicyclic amines) is 1. The van der Waals surface area contributed by atoms with Crippen molar-refractivity contribution >= 4 is 12.1 Å². The van der Waals surface area contributed by atoms with Gasteiger partial charge in [-0.15, -0.1) is 0 Å². The third-order valence-corrected chi connectivity index (χ3v) is 3.44. The fourth-order valence-corrected chi connectivity index (χ4v) is 2.57. The Kier molecular flexibility index (Phi) is 2.98. The van der Waals surface area contributed by atoms with Crippen LogP contribution in [0.4, 0.5) is 13.6 Å². The number of fused-ring (bicyclic) bond motifs is 1. The molecule has 2 rings (SSSR count). The van der Waals surface area contributed by atoms with Crippen molar-refractivity contribution in [3.05, 3.63) is 0 Å². The lowest BCUT2D eigenvalue weighted by Crippen LogP contribution is -2.51. The van der Waals surface area contributed by atoms with Gasteiger partial charge in [-0.3, -0.25) is 4.90 Å². The first-order chi connectivity index (χ1) is 8.55. The minimum absolute atomic E-state index is 0.0331. The molecule has 2 aliphatic rings. The Bertz CT molecular complexity index is 418. The van der Waals surface area contributed by atoms with Crippen molar-refractivity contribution in [3.8, 4) is 0 Å². The molecule has 1 saturated heterocycles. The second-order valence-electron chi connectivity index (χ2n) is 6.04. The third kappa shape index (κ3) is 2.37. The van der Waals surface area contributed by atoms with Crippen molar-refractivity contribution in [1.82, 2.24) is 4.90 Å². The lowest BCUT2D eigenvalue weighted by Gasteiger charge is -2.33. The van der Waals surface area contributed by atoms with Crippen molar-refractivity contribution < 1.29 is 28.2 Å². The maximum Gasteiger partial charge on any atom is 0.411 e. The van der Waals surface area contributed by atoms with E-state index in [0.29, 0.717) is 4.90 Å². The van der Waals surface area contributed by atoms with E-state index >= 15 is 0 Å². The smallest absolute Gasteiger partial charge is 0.411 e. The highest BCUT2D eigenvalue weighted by atomic mass is 19.3. The molecular formula is C12H17F2NO4. The normalized spacial score (nSPS) is 32.5. The Morgan fingerprint density at radius 3 is 2.37 bits per heavy atom. The molecule has 0 spiro atoms. The van der Waals surface area contributed by atoms with Crippen LogP contribution in [0.3, 0.4) is 0 Å². The van der Waals surface area contributed by atoms with Gasteiger partial charge in [0.15, 0.2) is 0 Å². The molecule has 5 nitrogen and oxygen atoms in total. The van der Waals surface area contributed by atoms with Crippen LogP contribution in [0.1, 0.15) is 33.6 Å². The average molecular weight is 277 g/mol. The van der Waals surface area contributed by atoms with E-state index in [1.165, 1.54) is 0 Å². The molecule has 0 aromatic carbocycles. The van der Waals surface area contributed by atoms with Crippen LogP contribution in [0.2, 0.25) is 0 Å². The molecule has 108 valence electrons. The zero-order chi connectivity index (χ0) is 14.6. The number of ether oxygens (including phenoxy) is 1. The summed E-state index contributed by atoms with van der Waals surface area (Å²) in [6.07, 6.45) is -0.828. The predicted molar refractivity (Wildman–Crippen MR) is 61.0 cm³/mol. The van der Waals surface area contributed by atoms with Gasteiger partial charge in [0.1, 0.15) is 17.7 Å². The summed E-state index contributed by atoms with van der Waals surface area (Å²) >= 11 is 0. The summed E-state index contributed by atoms with van der Waals surface area (Å²) in [7, 11) is 0. The van der Waals surface area contributed by atoms with E-state index in [1.807, 2.05) is 0 Å². The van der Waals surface area contributed by atoms with Crippen LogP contribution in [-0.2, 0) is 9.53 Å². The van der Waals surface area contributed by atoms with Gasteiger partial charge in [0.2, 0.25) is 0 Å². The van der Waals surface area contributed by atoms with Gasteiger partial charge in [0, 0.05) is 0 Å². The van der Waals surface area contributed by atoms with E-state index in [9.17, 15) is 18.4 Å². The molecule has 1 N–H and O–H groups in total. The number of hydrogen-bond donors (Lipinski definition) is 1.